The molecule has 0 fully saturated rings. The third-order valence-corrected chi connectivity index (χ3v) is 1.96. The van der Waals surface area contributed by atoms with Crippen LogP contribution in [0.2, 0.25) is 0 Å². The number of benzene rings is 2. The number of aryl methyl sites for hydroxylation is 1. The molecule has 0 saturated carbocycles. The molecule has 2 aromatic rings. The van der Waals surface area contributed by atoms with Crippen molar-refractivity contribution in [3.05, 3.63) is 47.8 Å². The van der Waals surface area contributed by atoms with Crippen molar-refractivity contribution in [1.29, 1.82) is 0 Å². The molecule has 0 aromatic heterocycles. The summed E-state index contributed by atoms with van der Waals surface area (Å²) in [7, 11) is 0. The predicted octanol–water partition coefficient (Wildman–Crippen LogP) is 4.31. The highest BCUT2D eigenvalue weighted by Gasteiger charge is 1.94. The molecule has 0 heterocycles. The van der Waals surface area contributed by atoms with Crippen LogP contribution in [0.15, 0.2) is 36.4 Å². The van der Waals surface area contributed by atoms with E-state index in [0.717, 1.165) is 10.8 Å². The minimum atomic E-state index is -0.175. The largest absolute Gasteiger partial charge is 0.207 e. The summed E-state index contributed by atoms with van der Waals surface area (Å²) in [5.41, 5.74) is 1.20. The molecule has 0 spiro atoms. The van der Waals surface area contributed by atoms with E-state index < -0.39 is 0 Å². The molecule has 0 bridgehead atoms. The highest BCUT2D eigenvalue weighted by atomic mass is 19.1. The summed E-state index contributed by atoms with van der Waals surface area (Å²) < 4.78 is 12.7. The Hall–Kier alpha value is -1.37. The first-order chi connectivity index (χ1) is 6.75. The van der Waals surface area contributed by atoms with E-state index in [1.54, 1.807) is 12.1 Å². The maximum absolute atomic E-state index is 12.7. The Balaban J connectivity index is 0.000000461. The number of halogens is 1. The molecule has 0 aliphatic rings. The Labute approximate surface area is 84.4 Å². The Morgan fingerprint density at radius 2 is 1.43 bits per heavy atom. The fraction of sp³-hybridized carbons (Fsp3) is 0.231. The van der Waals surface area contributed by atoms with Crippen molar-refractivity contribution in [3.63, 3.8) is 0 Å². The van der Waals surface area contributed by atoms with Gasteiger partial charge in [0, 0.05) is 0 Å². The second-order valence-corrected chi connectivity index (χ2v) is 2.99. The van der Waals surface area contributed by atoms with E-state index in [1.807, 2.05) is 32.9 Å². The number of rotatable bonds is 0. The van der Waals surface area contributed by atoms with Crippen LogP contribution in [0.3, 0.4) is 0 Å². The van der Waals surface area contributed by atoms with Crippen molar-refractivity contribution in [1.82, 2.24) is 0 Å². The van der Waals surface area contributed by atoms with Gasteiger partial charge in [0.2, 0.25) is 0 Å². The summed E-state index contributed by atoms with van der Waals surface area (Å²) in [6.45, 7) is 6.03. The molecule has 0 atom stereocenters. The van der Waals surface area contributed by atoms with Gasteiger partial charge in [0.1, 0.15) is 5.82 Å². The van der Waals surface area contributed by atoms with Crippen LogP contribution < -0.4 is 0 Å². The van der Waals surface area contributed by atoms with Gasteiger partial charge in [-0.3, -0.25) is 0 Å². The molecule has 0 aliphatic carbocycles. The fourth-order valence-corrected chi connectivity index (χ4v) is 1.34. The van der Waals surface area contributed by atoms with Crippen LogP contribution >= 0.6 is 0 Å². The van der Waals surface area contributed by atoms with Gasteiger partial charge in [-0.25, -0.2) is 4.39 Å². The summed E-state index contributed by atoms with van der Waals surface area (Å²) in [4.78, 5) is 0. The van der Waals surface area contributed by atoms with Gasteiger partial charge < -0.3 is 0 Å². The fourth-order valence-electron chi connectivity index (χ4n) is 1.34. The average Bonchev–Trinajstić information content (AvgIpc) is 2.21. The highest BCUT2D eigenvalue weighted by Crippen LogP contribution is 2.16. The first-order valence-corrected chi connectivity index (χ1v) is 4.92. The third kappa shape index (κ3) is 2.32. The maximum Gasteiger partial charge on any atom is 0.123 e. The van der Waals surface area contributed by atoms with Crippen molar-refractivity contribution >= 4 is 10.8 Å². The van der Waals surface area contributed by atoms with Gasteiger partial charge in [-0.05, 0) is 29.8 Å². The molecular formula is C13H15F. The summed E-state index contributed by atoms with van der Waals surface area (Å²) in [6, 6.07) is 10.8. The Morgan fingerprint density at radius 1 is 0.857 bits per heavy atom. The van der Waals surface area contributed by atoms with Gasteiger partial charge in [-0.15, -0.1) is 0 Å². The lowest BCUT2D eigenvalue weighted by Gasteiger charge is -1.98. The lowest BCUT2D eigenvalue weighted by atomic mass is 10.1. The van der Waals surface area contributed by atoms with Gasteiger partial charge in [-0.1, -0.05) is 43.7 Å². The van der Waals surface area contributed by atoms with E-state index in [0.29, 0.717) is 0 Å². The SMILES string of the molecule is CC.Cc1ccc2cc(F)ccc2c1. The van der Waals surface area contributed by atoms with Crippen LogP contribution in [0.4, 0.5) is 4.39 Å². The first kappa shape index (κ1) is 10.7. The third-order valence-electron chi connectivity index (χ3n) is 1.96. The molecule has 0 radical (unpaired) electrons. The molecule has 0 unspecified atom stereocenters. The van der Waals surface area contributed by atoms with E-state index in [-0.39, 0.29) is 5.82 Å². The van der Waals surface area contributed by atoms with E-state index in [4.69, 9.17) is 0 Å². The molecule has 0 aliphatic heterocycles. The van der Waals surface area contributed by atoms with Crippen LogP contribution in [-0.4, -0.2) is 0 Å². The van der Waals surface area contributed by atoms with Gasteiger partial charge in [0.05, 0.1) is 0 Å². The topological polar surface area (TPSA) is 0 Å². The highest BCUT2D eigenvalue weighted by molar-refractivity contribution is 5.83. The molecule has 0 amide bonds. The van der Waals surface area contributed by atoms with Crippen LogP contribution in [0.1, 0.15) is 19.4 Å². The zero-order valence-electron chi connectivity index (χ0n) is 8.84. The van der Waals surface area contributed by atoms with Crippen LogP contribution in [0.25, 0.3) is 10.8 Å². The summed E-state index contributed by atoms with van der Waals surface area (Å²) in [5.74, 6) is -0.175. The summed E-state index contributed by atoms with van der Waals surface area (Å²) in [5, 5.41) is 2.05. The first-order valence-electron chi connectivity index (χ1n) is 4.92. The predicted molar refractivity (Wildman–Crippen MR) is 60.0 cm³/mol. The van der Waals surface area contributed by atoms with Crippen molar-refractivity contribution in [3.8, 4) is 0 Å². The zero-order valence-corrected chi connectivity index (χ0v) is 8.84. The maximum atomic E-state index is 12.7. The minimum absolute atomic E-state index is 0.175. The Morgan fingerprint density at radius 3 is 2.14 bits per heavy atom. The molecule has 0 N–H and O–H groups in total. The van der Waals surface area contributed by atoms with Crippen LogP contribution in [0.5, 0.6) is 0 Å². The van der Waals surface area contributed by atoms with Gasteiger partial charge in [0.25, 0.3) is 0 Å². The smallest absolute Gasteiger partial charge is 0.123 e. The second-order valence-electron chi connectivity index (χ2n) is 2.99. The van der Waals surface area contributed by atoms with E-state index >= 15 is 0 Å². The summed E-state index contributed by atoms with van der Waals surface area (Å²) >= 11 is 0. The summed E-state index contributed by atoms with van der Waals surface area (Å²) in [6.07, 6.45) is 0. The standard InChI is InChI=1S/C11H9F.C2H6/c1-8-2-3-10-7-11(12)5-4-9(10)6-8;1-2/h2-7H,1H3;1-2H3. The number of hydrogen-bond donors (Lipinski definition) is 0. The molecule has 0 nitrogen and oxygen atoms in total. The molecule has 2 rings (SSSR count). The van der Waals surface area contributed by atoms with Crippen molar-refractivity contribution in [2.75, 3.05) is 0 Å². The molecule has 0 saturated heterocycles. The van der Waals surface area contributed by atoms with Crippen LogP contribution in [0, 0.1) is 12.7 Å². The molecule has 2 aromatic carbocycles. The van der Waals surface area contributed by atoms with Crippen molar-refractivity contribution in [2.24, 2.45) is 0 Å². The molecule has 1 heteroatoms. The molecule has 14 heavy (non-hydrogen) atoms. The quantitative estimate of drug-likeness (QED) is 0.580. The van der Waals surface area contributed by atoms with E-state index in [2.05, 4.69) is 6.07 Å². The minimum Gasteiger partial charge on any atom is -0.207 e. The lowest BCUT2D eigenvalue weighted by Crippen LogP contribution is -1.77. The number of fused-ring (bicyclic) bond motifs is 1. The van der Waals surface area contributed by atoms with E-state index in [1.165, 1.54) is 11.6 Å². The average molecular weight is 190 g/mol. The second kappa shape index (κ2) is 4.75. The Bertz CT molecular complexity index is 377. The van der Waals surface area contributed by atoms with Gasteiger partial charge in [-0.2, -0.15) is 0 Å². The Kier molecular flexibility index (Phi) is 3.63. The number of hydrogen-bond acceptors (Lipinski definition) is 0. The van der Waals surface area contributed by atoms with Gasteiger partial charge >= 0.3 is 0 Å². The van der Waals surface area contributed by atoms with Crippen molar-refractivity contribution < 1.29 is 4.39 Å². The molecular weight excluding hydrogens is 175 g/mol. The van der Waals surface area contributed by atoms with Gasteiger partial charge in [0.15, 0.2) is 0 Å². The lowest BCUT2D eigenvalue weighted by molar-refractivity contribution is 0.630. The van der Waals surface area contributed by atoms with Crippen molar-refractivity contribution in [2.45, 2.75) is 20.8 Å². The monoisotopic (exact) mass is 190 g/mol. The zero-order chi connectivity index (χ0) is 10.6. The van der Waals surface area contributed by atoms with Crippen LogP contribution in [-0.2, 0) is 0 Å². The molecule has 74 valence electrons. The van der Waals surface area contributed by atoms with E-state index in [9.17, 15) is 4.39 Å². The normalized spacial score (nSPS) is 9.43.